The summed E-state index contributed by atoms with van der Waals surface area (Å²) in [6.07, 6.45) is 1.80. The molecule has 3 rings (SSSR count). The Balaban J connectivity index is 1.63. The van der Waals surface area contributed by atoms with Gasteiger partial charge in [0.05, 0.1) is 5.02 Å². The second-order valence-electron chi connectivity index (χ2n) is 6.64. The summed E-state index contributed by atoms with van der Waals surface area (Å²) in [5, 5.41) is 12.3. The van der Waals surface area contributed by atoms with E-state index in [9.17, 15) is 19.1 Å². The van der Waals surface area contributed by atoms with Gasteiger partial charge < -0.3 is 15.2 Å². The van der Waals surface area contributed by atoms with Gasteiger partial charge in [0.2, 0.25) is 5.91 Å². The molecular formula is C24H19ClFNO4. The number of carboxylic acid groups (broad SMARTS) is 1. The van der Waals surface area contributed by atoms with Crippen LogP contribution >= 0.6 is 11.6 Å². The van der Waals surface area contributed by atoms with E-state index in [1.165, 1.54) is 18.2 Å². The van der Waals surface area contributed by atoms with Crippen LogP contribution in [0.3, 0.4) is 0 Å². The lowest BCUT2D eigenvalue weighted by Crippen LogP contribution is -2.27. The van der Waals surface area contributed by atoms with Gasteiger partial charge in [-0.05, 0) is 60.0 Å². The SMILES string of the molecule is O=C(CCc1ccc(F)cc1)N/C(=C\c1ccc(Oc2ccccc2Cl)cc1)C(=O)O. The van der Waals surface area contributed by atoms with E-state index in [4.69, 9.17) is 16.3 Å². The van der Waals surface area contributed by atoms with Crippen LogP contribution < -0.4 is 10.1 Å². The molecular weight excluding hydrogens is 421 g/mol. The van der Waals surface area contributed by atoms with E-state index < -0.39 is 11.9 Å². The molecule has 158 valence electrons. The molecule has 0 heterocycles. The Bertz CT molecular complexity index is 1100. The van der Waals surface area contributed by atoms with Crippen molar-refractivity contribution in [3.8, 4) is 11.5 Å². The van der Waals surface area contributed by atoms with Crippen LogP contribution in [0.2, 0.25) is 5.02 Å². The van der Waals surface area contributed by atoms with E-state index in [1.54, 1.807) is 60.7 Å². The molecule has 0 aliphatic carbocycles. The summed E-state index contributed by atoms with van der Waals surface area (Å²) < 4.78 is 18.6. The molecule has 0 fully saturated rings. The number of carbonyl (C=O) groups is 2. The van der Waals surface area contributed by atoms with Gasteiger partial charge in [-0.15, -0.1) is 0 Å². The van der Waals surface area contributed by atoms with E-state index in [0.29, 0.717) is 28.5 Å². The third-order valence-corrected chi connectivity index (χ3v) is 4.63. The number of ether oxygens (including phenoxy) is 1. The summed E-state index contributed by atoms with van der Waals surface area (Å²) in [5.74, 6) is -1.02. The predicted molar refractivity (Wildman–Crippen MR) is 116 cm³/mol. The summed E-state index contributed by atoms with van der Waals surface area (Å²) >= 11 is 6.07. The van der Waals surface area contributed by atoms with Crippen molar-refractivity contribution in [2.45, 2.75) is 12.8 Å². The monoisotopic (exact) mass is 439 g/mol. The third kappa shape index (κ3) is 6.69. The zero-order valence-corrected chi connectivity index (χ0v) is 17.1. The molecule has 31 heavy (non-hydrogen) atoms. The molecule has 7 heteroatoms. The molecule has 0 saturated heterocycles. The quantitative estimate of drug-likeness (QED) is 0.458. The minimum absolute atomic E-state index is 0.0703. The van der Waals surface area contributed by atoms with E-state index in [0.717, 1.165) is 5.56 Å². The maximum absolute atomic E-state index is 12.9. The van der Waals surface area contributed by atoms with Gasteiger partial charge in [-0.25, -0.2) is 9.18 Å². The standard InChI is InChI=1S/C24H19ClFNO4/c25-20-3-1-2-4-22(20)31-19-12-7-17(8-13-19)15-21(24(29)30)27-23(28)14-9-16-5-10-18(26)11-6-16/h1-8,10-13,15H,9,14H2,(H,27,28)(H,29,30)/b21-15-. The maximum Gasteiger partial charge on any atom is 0.352 e. The summed E-state index contributed by atoms with van der Waals surface area (Å²) in [4.78, 5) is 23.7. The number of nitrogens with one attached hydrogen (secondary N) is 1. The number of carbonyl (C=O) groups excluding carboxylic acids is 1. The lowest BCUT2D eigenvalue weighted by atomic mass is 10.1. The van der Waals surface area contributed by atoms with Crippen LogP contribution in [0.5, 0.6) is 11.5 Å². The van der Waals surface area contributed by atoms with Crippen molar-refractivity contribution in [3.63, 3.8) is 0 Å². The van der Waals surface area contributed by atoms with E-state index in [1.807, 2.05) is 0 Å². The number of halogens is 2. The number of rotatable bonds is 8. The van der Waals surface area contributed by atoms with Gasteiger partial charge in [0.15, 0.2) is 0 Å². The highest BCUT2D eigenvalue weighted by atomic mass is 35.5. The Morgan fingerprint density at radius 3 is 2.32 bits per heavy atom. The van der Waals surface area contributed by atoms with Crippen molar-refractivity contribution in [2.24, 2.45) is 0 Å². The van der Waals surface area contributed by atoms with Crippen molar-refractivity contribution in [1.29, 1.82) is 0 Å². The summed E-state index contributed by atoms with van der Waals surface area (Å²) in [6.45, 7) is 0. The third-order valence-electron chi connectivity index (χ3n) is 4.31. The van der Waals surface area contributed by atoms with Crippen LogP contribution in [-0.4, -0.2) is 17.0 Å². The molecule has 0 bridgehead atoms. The zero-order valence-electron chi connectivity index (χ0n) is 16.3. The Morgan fingerprint density at radius 2 is 1.68 bits per heavy atom. The van der Waals surface area contributed by atoms with Gasteiger partial charge in [-0.1, -0.05) is 48.0 Å². The van der Waals surface area contributed by atoms with Gasteiger partial charge in [0.25, 0.3) is 0 Å². The number of para-hydroxylation sites is 1. The van der Waals surface area contributed by atoms with Gasteiger partial charge in [-0.2, -0.15) is 0 Å². The van der Waals surface area contributed by atoms with Crippen molar-refractivity contribution in [3.05, 3.63) is 100 Å². The number of benzene rings is 3. The Morgan fingerprint density at radius 1 is 1.00 bits per heavy atom. The topological polar surface area (TPSA) is 75.6 Å². The molecule has 3 aromatic carbocycles. The molecule has 2 N–H and O–H groups in total. The van der Waals surface area contributed by atoms with Crippen LogP contribution in [-0.2, 0) is 16.0 Å². The van der Waals surface area contributed by atoms with E-state index in [2.05, 4.69) is 5.32 Å². The molecule has 3 aromatic rings. The molecule has 5 nitrogen and oxygen atoms in total. The van der Waals surface area contributed by atoms with Crippen molar-refractivity contribution < 1.29 is 23.8 Å². The molecule has 1 amide bonds. The van der Waals surface area contributed by atoms with Crippen LogP contribution in [0.4, 0.5) is 4.39 Å². The van der Waals surface area contributed by atoms with E-state index in [-0.39, 0.29) is 17.9 Å². The molecule has 0 atom stereocenters. The zero-order chi connectivity index (χ0) is 22.2. The summed E-state index contributed by atoms with van der Waals surface area (Å²) in [6, 6.07) is 19.5. The van der Waals surface area contributed by atoms with Gasteiger partial charge in [-0.3, -0.25) is 4.79 Å². The number of amides is 1. The number of hydrogen-bond acceptors (Lipinski definition) is 3. The van der Waals surface area contributed by atoms with Crippen LogP contribution in [0.25, 0.3) is 6.08 Å². The number of carboxylic acids is 1. The number of aryl methyl sites for hydroxylation is 1. The molecule has 0 saturated carbocycles. The first-order valence-electron chi connectivity index (χ1n) is 9.42. The first-order chi connectivity index (χ1) is 14.9. The minimum atomic E-state index is -1.26. The molecule has 0 unspecified atom stereocenters. The first-order valence-corrected chi connectivity index (χ1v) is 9.80. The van der Waals surface area contributed by atoms with Crippen molar-refractivity contribution >= 4 is 29.6 Å². The number of hydrogen-bond donors (Lipinski definition) is 2. The lowest BCUT2D eigenvalue weighted by molar-refractivity contribution is -0.134. The second kappa shape index (κ2) is 10.4. The van der Waals surface area contributed by atoms with Gasteiger partial charge >= 0.3 is 5.97 Å². The fourth-order valence-electron chi connectivity index (χ4n) is 2.73. The van der Waals surface area contributed by atoms with Crippen molar-refractivity contribution in [1.82, 2.24) is 5.32 Å². The smallest absolute Gasteiger partial charge is 0.352 e. The minimum Gasteiger partial charge on any atom is -0.477 e. The van der Waals surface area contributed by atoms with Gasteiger partial charge in [0, 0.05) is 6.42 Å². The van der Waals surface area contributed by atoms with E-state index >= 15 is 0 Å². The molecule has 0 aromatic heterocycles. The Kier molecular flexibility index (Phi) is 7.40. The van der Waals surface area contributed by atoms with Crippen LogP contribution in [0, 0.1) is 5.82 Å². The average Bonchev–Trinajstić information content (AvgIpc) is 2.75. The highest BCUT2D eigenvalue weighted by Gasteiger charge is 2.12. The highest BCUT2D eigenvalue weighted by Crippen LogP contribution is 2.29. The summed E-state index contributed by atoms with van der Waals surface area (Å²) in [5.41, 5.74) is 1.11. The van der Waals surface area contributed by atoms with Crippen molar-refractivity contribution in [2.75, 3.05) is 0 Å². The second-order valence-corrected chi connectivity index (χ2v) is 7.05. The fraction of sp³-hybridized carbons (Fsp3) is 0.0833. The van der Waals surface area contributed by atoms with Gasteiger partial charge in [0.1, 0.15) is 23.0 Å². The fourth-order valence-corrected chi connectivity index (χ4v) is 2.90. The maximum atomic E-state index is 12.9. The highest BCUT2D eigenvalue weighted by molar-refractivity contribution is 6.32. The largest absolute Gasteiger partial charge is 0.477 e. The summed E-state index contributed by atoms with van der Waals surface area (Å²) in [7, 11) is 0. The lowest BCUT2D eigenvalue weighted by Gasteiger charge is -2.08. The molecule has 0 radical (unpaired) electrons. The Hall–Kier alpha value is -3.64. The molecule has 0 spiro atoms. The predicted octanol–water partition coefficient (Wildman–Crippen LogP) is 5.45. The van der Waals surface area contributed by atoms with Crippen LogP contribution in [0.1, 0.15) is 17.5 Å². The average molecular weight is 440 g/mol. The Labute approximate surface area is 183 Å². The molecule has 0 aliphatic heterocycles. The first kappa shape index (κ1) is 22.1. The number of aliphatic carboxylic acids is 1. The van der Waals surface area contributed by atoms with Crippen LogP contribution in [0.15, 0.2) is 78.5 Å². The molecule has 0 aliphatic rings. The normalized spacial score (nSPS) is 11.1.